The van der Waals surface area contributed by atoms with Crippen LogP contribution in [-0.4, -0.2) is 14.8 Å². The summed E-state index contributed by atoms with van der Waals surface area (Å²) in [6, 6.07) is 1.61. The summed E-state index contributed by atoms with van der Waals surface area (Å²) in [4.78, 5) is 3.97. The number of rotatable bonds is 2. The summed E-state index contributed by atoms with van der Waals surface area (Å²) in [7, 11) is 0. The van der Waals surface area contributed by atoms with Gasteiger partial charge in [-0.1, -0.05) is 34.8 Å². The van der Waals surface area contributed by atoms with Gasteiger partial charge in [-0.2, -0.15) is 5.10 Å². The molecule has 0 amide bonds. The first kappa shape index (κ1) is 11.7. The van der Waals surface area contributed by atoms with E-state index in [-0.39, 0.29) is 0 Å². The van der Waals surface area contributed by atoms with E-state index in [2.05, 4.69) is 10.1 Å². The molecule has 0 saturated heterocycles. The average Bonchev–Trinajstić information content (AvgIpc) is 2.51. The van der Waals surface area contributed by atoms with Crippen molar-refractivity contribution in [3.8, 4) is 0 Å². The number of halogens is 3. The lowest BCUT2D eigenvalue weighted by molar-refractivity contribution is 0.678. The van der Waals surface area contributed by atoms with Gasteiger partial charge in [0.2, 0.25) is 0 Å². The Kier molecular flexibility index (Phi) is 3.38. The summed E-state index contributed by atoms with van der Waals surface area (Å²) in [6.45, 7) is 2.37. The summed E-state index contributed by atoms with van der Waals surface area (Å²) < 4.78 is 1.72. The zero-order valence-electron chi connectivity index (χ0n) is 8.41. The van der Waals surface area contributed by atoms with Crippen LogP contribution in [0.2, 0.25) is 15.2 Å². The van der Waals surface area contributed by atoms with E-state index in [9.17, 15) is 0 Å². The standard InChI is InChI=1S/C10H8Cl3N3/c1-6-9(12)5-16(15-6)4-7-3-14-10(13)2-8(7)11/h2-3,5H,4H2,1H3. The molecule has 0 aromatic carbocycles. The van der Waals surface area contributed by atoms with Gasteiger partial charge in [-0.3, -0.25) is 4.68 Å². The van der Waals surface area contributed by atoms with Crippen LogP contribution in [0.4, 0.5) is 0 Å². The van der Waals surface area contributed by atoms with Crippen molar-refractivity contribution >= 4 is 34.8 Å². The maximum atomic E-state index is 6.03. The molecule has 84 valence electrons. The number of hydrogen-bond donors (Lipinski definition) is 0. The first-order chi connectivity index (χ1) is 7.56. The smallest absolute Gasteiger partial charge is 0.130 e. The third-order valence-corrected chi connectivity index (χ3v) is 3.04. The van der Waals surface area contributed by atoms with Crippen molar-refractivity contribution in [3.05, 3.63) is 44.9 Å². The summed E-state index contributed by atoms with van der Waals surface area (Å²) in [5.74, 6) is 0. The highest BCUT2D eigenvalue weighted by molar-refractivity contribution is 6.34. The highest BCUT2D eigenvalue weighted by atomic mass is 35.5. The fraction of sp³-hybridized carbons (Fsp3) is 0.200. The number of hydrogen-bond acceptors (Lipinski definition) is 2. The largest absolute Gasteiger partial charge is 0.266 e. The predicted molar refractivity (Wildman–Crippen MR) is 65.3 cm³/mol. The van der Waals surface area contributed by atoms with Crippen LogP contribution in [0.5, 0.6) is 0 Å². The summed E-state index contributed by atoms with van der Waals surface area (Å²) >= 11 is 17.6. The van der Waals surface area contributed by atoms with E-state index in [4.69, 9.17) is 34.8 Å². The quantitative estimate of drug-likeness (QED) is 0.785. The Morgan fingerprint density at radius 3 is 2.56 bits per heavy atom. The first-order valence-corrected chi connectivity index (χ1v) is 5.69. The first-order valence-electron chi connectivity index (χ1n) is 4.56. The van der Waals surface area contributed by atoms with E-state index in [1.807, 2.05) is 6.92 Å². The van der Waals surface area contributed by atoms with Crippen LogP contribution in [0, 0.1) is 6.92 Å². The highest BCUT2D eigenvalue weighted by Crippen LogP contribution is 2.20. The topological polar surface area (TPSA) is 30.7 Å². The normalized spacial score (nSPS) is 10.8. The van der Waals surface area contributed by atoms with E-state index in [0.29, 0.717) is 21.7 Å². The van der Waals surface area contributed by atoms with Crippen LogP contribution < -0.4 is 0 Å². The minimum absolute atomic E-state index is 0.378. The molecule has 0 aliphatic carbocycles. The molecule has 0 fully saturated rings. The van der Waals surface area contributed by atoms with Gasteiger partial charge >= 0.3 is 0 Å². The Bertz CT molecular complexity index is 503. The molecule has 2 heterocycles. The zero-order chi connectivity index (χ0) is 11.7. The molecule has 0 saturated carbocycles. The van der Waals surface area contributed by atoms with Crippen LogP contribution in [0.25, 0.3) is 0 Å². The number of nitrogens with zero attached hydrogens (tertiary/aromatic N) is 3. The second kappa shape index (κ2) is 4.62. The van der Waals surface area contributed by atoms with Gasteiger partial charge in [-0.25, -0.2) is 4.98 Å². The molecular formula is C10H8Cl3N3. The monoisotopic (exact) mass is 275 g/mol. The second-order valence-electron chi connectivity index (χ2n) is 3.36. The van der Waals surface area contributed by atoms with Crippen molar-refractivity contribution in [1.82, 2.24) is 14.8 Å². The number of aromatic nitrogens is 3. The summed E-state index contributed by atoms with van der Waals surface area (Å²) in [5, 5.41) is 5.82. The molecule has 2 rings (SSSR count). The Morgan fingerprint density at radius 2 is 2.00 bits per heavy atom. The molecule has 6 heteroatoms. The predicted octanol–water partition coefficient (Wildman–Crippen LogP) is 3.60. The number of aryl methyl sites for hydroxylation is 1. The van der Waals surface area contributed by atoms with Crippen molar-refractivity contribution in [2.24, 2.45) is 0 Å². The fourth-order valence-corrected chi connectivity index (χ4v) is 1.88. The zero-order valence-corrected chi connectivity index (χ0v) is 10.7. The van der Waals surface area contributed by atoms with Gasteiger partial charge in [0.05, 0.1) is 22.3 Å². The SMILES string of the molecule is Cc1nn(Cc2cnc(Cl)cc2Cl)cc1Cl. The third kappa shape index (κ3) is 2.48. The van der Waals surface area contributed by atoms with Crippen molar-refractivity contribution < 1.29 is 0 Å². The number of pyridine rings is 1. The van der Waals surface area contributed by atoms with Gasteiger partial charge in [0.1, 0.15) is 5.15 Å². The molecule has 2 aromatic rings. The Labute approximate surface area is 108 Å². The lowest BCUT2D eigenvalue weighted by atomic mass is 10.3. The minimum atomic E-state index is 0.378. The maximum Gasteiger partial charge on any atom is 0.130 e. The molecule has 3 nitrogen and oxygen atoms in total. The lowest BCUT2D eigenvalue weighted by Crippen LogP contribution is -2.01. The maximum absolute atomic E-state index is 6.03. The molecule has 0 aliphatic rings. The Morgan fingerprint density at radius 1 is 1.25 bits per heavy atom. The fourth-order valence-electron chi connectivity index (χ4n) is 1.30. The molecule has 0 N–H and O–H groups in total. The summed E-state index contributed by atoms with van der Waals surface area (Å²) in [5.41, 5.74) is 1.64. The van der Waals surface area contributed by atoms with E-state index in [1.54, 1.807) is 23.1 Å². The van der Waals surface area contributed by atoms with Crippen LogP contribution in [0.3, 0.4) is 0 Å². The molecular weight excluding hydrogens is 268 g/mol. The van der Waals surface area contributed by atoms with Crippen LogP contribution >= 0.6 is 34.8 Å². The van der Waals surface area contributed by atoms with Crippen molar-refractivity contribution in [3.63, 3.8) is 0 Å². The van der Waals surface area contributed by atoms with Crippen LogP contribution in [-0.2, 0) is 6.54 Å². The molecule has 0 bridgehead atoms. The Hall–Kier alpha value is -0.770. The average molecular weight is 277 g/mol. The third-order valence-electron chi connectivity index (χ3n) is 2.12. The molecule has 16 heavy (non-hydrogen) atoms. The molecule has 0 spiro atoms. The molecule has 0 unspecified atom stereocenters. The molecule has 0 radical (unpaired) electrons. The molecule has 2 aromatic heterocycles. The van der Waals surface area contributed by atoms with E-state index in [0.717, 1.165) is 11.3 Å². The van der Waals surface area contributed by atoms with E-state index >= 15 is 0 Å². The van der Waals surface area contributed by atoms with Crippen molar-refractivity contribution in [2.45, 2.75) is 13.5 Å². The van der Waals surface area contributed by atoms with Gasteiger partial charge in [-0.15, -0.1) is 0 Å². The van der Waals surface area contributed by atoms with Crippen molar-refractivity contribution in [1.29, 1.82) is 0 Å². The van der Waals surface area contributed by atoms with Crippen LogP contribution in [0.15, 0.2) is 18.5 Å². The lowest BCUT2D eigenvalue weighted by Gasteiger charge is -2.03. The summed E-state index contributed by atoms with van der Waals surface area (Å²) in [6.07, 6.45) is 3.39. The van der Waals surface area contributed by atoms with Crippen molar-refractivity contribution in [2.75, 3.05) is 0 Å². The molecule has 0 aliphatic heterocycles. The van der Waals surface area contributed by atoms with Gasteiger partial charge in [-0.05, 0) is 13.0 Å². The Balaban J connectivity index is 2.27. The highest BCUT2D eigenvalue weighted by Gasteiger charge is 2.06. The van der Waals surface area contributed by atoms with Gasteiger partial charge in [0.15, 0.2) is 0 Å². The minimum Gasteiger partial charge on any atom is -0.266 e. The molecule has 0 atom stereocenters. The van der Waals surface area contributed by atoms with Gasteiger partial charge in [0, 0.05) is 18.0 Å². The van der Waals surface area contributed by atoms with Crippen LogP contribution in [0.1, 0.15) is 11.3 Å². The van der Waals surface area contributed by atoms with E-state index in [1.165, 1.54) is 0 Å². The van der Waals surface area contributed by atoms with E-state index < -0.39 is 0 Å². The van der Waals surface area contributed by atoms with Gasteiger partial charge < -0.3 is 0 Å². The van der Waals surface area contributed by atoms with Gasteiger partial charge in [0.25, 0.3) is 0 Å². The second-order valence-corrected chi connectivity index (χ2v) is 4.56.